The van der Waals surface area contributed by atoms with E-state index >= 15 is 0 Å². The Hall–Kier alpha value is -3.81. The van der Waals surface area contributed by atoms with E-state index in [1.165, 1.54) is 0 Å². The van der Waals surface area contributed by atoms with Gasteiger partial charge in [-0.25, -0.2) is 0 Å². The van der Waals surface area contributed by atoms with E-state index in [0.29, 0.717) is 32.4 Å². The predicted octanol–water partition coefficient (Wildman–Crippen LogP) is 3.38. The molecule has 1 saturated carbocycles. The molecular weight excluding hydrogens is 616 g/mol. The lowest BCUT2D eigenvalue weighted by Crippen LogP contribution is -2.57. The summed E-state index contributed by atoms with van der Waals surface area (Å²) in [5.41, 5.74) is 0.863. The van der Waals surface area contributed by atoms with Crippen LogP contribution in [0.15, 0.2) is 30.3 Å². The monoisotopic (exact) mass is 674 g/mol. The topological polar surface area (TPSA) is 122 Å². The minimum atomic E-state index is -1.32. The number of amides is 3. The molecule has 49 heavy (non-hydrogen) atoms. The average molecular weight is 675 g/mol. The third-order valence-corrected chi connectivity index (χ3v) is 9.73. The Labute approximate surface area is 295 Å². The molecule has 1 aliphatic rings. The van der Waals surface area contributed by atoms with Gasteiger partial charge in [-0.15, -0.1) is 25.2 Å². The summed E-state index contributed by atoms with van der Waals surface area (Å²) in [6, 6.07) is 7.26. The molecule has 1 aromatic carbocycles. The molecule has 0 heterocycles. The molecule has 9 heteroatoms. The first-order valence-electron chi connectivity index (χ1n) is 17.9. The zero-order valence-corrected chi connectivity index (χ0v) is 29.8. The fourth-order valence-electron chi connectivity index (χ4n) is 6.48. The van der Waals surface area contributed by atoms with Crippen LogP contribution in [0.25, 0.3) is 0 Å². The highest BCUT2D eigenvalue weighted by Gasteiger charge is 2.36. The number of carbonyl (C=O) groups excluding carboxylic acids is 3. The molecule has 0 spiro atoms. The highest BCUT2D eigenvalue weighted by molar-refractivity contribution is 5.91. The largest absolute Gasteiger partial charge is 0.390 e. The Morgan fingerprint density at radius 2 is 1.59 bits per heavy atom. The molecule has 0 saturated heterocycles. The van der Waals surface area contributed by atoms with Gasteiger partial charge in [-0.05, 0) is 50.3 Å². The van der Waals surface area contributed by atoms with Gasteiger partial charge >= 0.3 is 0 Å². The van der Waals surface area contributed by atoms with Crippen molar-refractivity contribution in [3.05, 3.63) is 35.9 Å². The molecule has 0 bridgehead atoms. The number of hydrogen-bond acceptors (Lipinski definition) is 6. The van der Waals surface area contributed by atoms with Crippen LogP contribution >= 0.6 is 0 Å². The van der Waals surface area contributed by atoms with E-state index in [-0.39, 0.29) is 31.1 Å². The van der Waals surface area contributed by atoms with Crippen LogP contribution in [0.4, 0.5) is 0 Å². The van der Waals surface area contributed by atoms with Crippen molar-refractivity contribution in [3.8, 4) is 37.0 Å². The third-order valence-electron chi connectivity index (χ3n) is 9.73. The van der Waals surface area contributed by atoms with Gasteiger partial charge in [-0.2, -0.15) is 0 Å². The highest BCUT2D eigenvalue weighted by Crippen LogP contribution is 2.29. The zero-order chi connectivity index (χ0) is 36.2. The van der Waals surface area contributed by atoms with Gasteiger partial charge in [0.25, 0.3) is 0 Å². The number of aliphatic hydroxyl groups is 2. The summed E-state index contributed by atoms with van der Waals surface area (Å²) in [7, 11) is 1.73. The van der Waals surface area contributed by atoms with Gasteiger partial charge in [0.05, 0.1) is 24.2 Å². The molecule has 9 nitrogen and oxygen atoms in total. The molecule has 4 N–H and O–H groups in total. The fourth-order valence-corrected chi connectivity index (χ4v) is 6.48. The lowest BCUT2D eigenvalue weighted by atomic mass is 9.82. The van der Waals surface area contributed by atoms with E-state index in [0.717, 1.165) is 50.8 Å². The SMILES string of the molecule is C#CCCC[C@H](O)[C@H](O)[C@H](CC1CCCCC1)NC(=O)[C@@H](NC(=O)[C@@H](CC(=O)N(C)CCN(CC)CC)Cc1ccccc1)C(C#C)C#C. The van der Waals surface area contributed by atoms with E-state index < -0.39 is 47.9 Å². The first-order valence-corrected chi connectivity index (χ1v) is 17.9. The van der Waals surface area contributed by atoms with Gasteiger partial charge in [0, 0.05) is 33.0 Å². The van der Waals surface area contributed by atoms with Crippen LogP contribution in [-0.4, -0.2) is 95.3 Å². The second-order valence-corrected chi connectivity index (χ2v) is 13.2. The molecule has 0 radical (unpaired) electrons. The van der Waals surface area contributed by atoms with Gasteiger partial charge in [0.2, 0.25) is 17.7 Å². The quantitative estimate of drug-likeness (QED) is 0.117. The summed E-state index contributed by atoms with van der Waals surface area (Å²) < 4.78 is 0. The summed E-state index contributed by atoms with van der Waals surface area (Å²) in [4.78, 5) is 45.2. The first-order chi connectivity index (χ1) is 23.6. The molecule has 268 valence electrons. The summed E-state index contributed by atoms with van der Waals surface area (Å²) >= 11 is 0. The molecule has 2 rings (SSSR count). The molecule has 0 aromatic heterocycles. The van der Waals surface area contributed by atoms with Crippen LogP contribution in [-0.2, 0) is 20.8 Å². The number of aliphatic hydroxyl groups excluding tert-OH is 2. The highest BCUT2D eigenvalue weighted by atomic mass is 16.3. The molecule has 1 aromatic rings. The van der Waals surface area contributed by atoms with E-state index in [9.17, 15) is 24.6 Å². The molecule has 1 fully saturated rings. The van der Waals surface area contributed by atoms with E-state index in [4.69, 9.17) is 19.3 Å². The number of nitrogens with zero attached hydrogens (tertiary/aromatic N) is 2. The number of unbranched alkanes of at least 4 members (excludes halogenated alkanes) is 1. The summed E-state index contributed by atoms with van der Waals surface area (Å²) in [6.45, 7) is 7.11. The Kier molecular flexibility index (Phi) is 19.2. The number of benzene rings is 1. The number of carbonyl (C=O) groups is 3. The van der Waals surface area contributed by atoms with Gasteiger partial charge in [0.1, 0.15) is 12.0 Å². The van der Waals surface area contributed by atoms with Crippen LogP contribution in [0.1, 0.15) is 83.6 Å². The number of terminal acetylenes is 3. The van der Waals surface area contributed by atoms with Crippen LogP contribution in [0.5, 0.6) is 0 Å². The average Bonchev–Trinajstić information content (AvgIpc) is 3.11. The molecular formula is C40H58N4O5. The number of nitrogens with one attached hydrogen (secondary N) is 2. The summed E-state index contributed by atoms with van der Waals surface area (Å²) in [6.07, 6.45) is 21.6. The minimum absolute atomic E-state index is 0.0759. The molecule has 0 aliphatic heterocycles. The van der Waals surface area contributed by atoms with Crippen LogP contribution < -0.4 is 10.6 Å². The molecule has 5 atom stereocenters. The van der Waals surface area contributed by atoms with E-state index in [1.54, 1.807) is 11.9 Å². The van der Waals surface area contributed by atoms with Crippen molar-refractivity contribution in [3.63, 3.8) is 0 Å². The Morgan fingerprint density at radius 1 is 0.939 bits per heavy atom. The normalized spacial score (nSPS) is 16.3. The zero-order valence-electron chi connectivity index (χ0n) is 29.8. The van der Waals surface area contributed by atoms with E-state index in [2.05, 4.69) is 47.1 Å². The summed E-state index contributed by atoms with van der Waals surface area (Å²) in [5.74, 6) is 4.42. The molecule has 3 amide bonds. The molecule has 0 unspecified atom stereocenters. The Bertz CT molecular complexity index is 1260. The van der Waals surface area contributed by atoms with Crippen molar-refractivity contribution in [1.29, 1.82) is 0 Å². The second-order valence-electron chi connectivity index (χ2n) is 13.2. The van der Waals surface area contributed by atoms with Crippen molar-refractivity contribution in [2.24, 2.45) is 17.8 Å². The Morgan fingerprint density at radius 3 is 2.18 bits per heavy atom. The maximum absolute atomic E-state index is 14.0. The van der Waals surface area contributed by atoms with Gasteiger partial charge < -0.3 is 30.6 Å². The predicted molar refractivity (Wildman–Crippen MR) is 195 cm³/mol. The molecule has 1 aliphatic carbocycles. The van der Waals surface area contributed by atoms with Gasteiger partial charge in [0.15, 0.2) is 0 Å². The van der Waals surface area contributed by atoms with Crippen LogP contribution in [0.2, 0.25) is 0 Å². The summed E-state index contributed by atoms with van der Waals surface area (Å²) in [5, 5.41) is 27.8. The van der Waals surface area contributed by atoms with Crippen molar-refractivity contribution in [2.75, 3.05) is 33.2 Å². The number of hydrogen-bond donors (Lipinski definition) is 4. The van der Waals surface area contributed by atoms with Crippen molar-refractivity contribution in [1.82, 2.24) is 20.4 Å². The first kappa shape index (κ1) is 41.4. The van der Waals surface area contributed by atoms with Gasteiger partial charge in [-0.1, -0.05) is 88.1 Å². The van der Waals surface area contributed by atoms with Crippen molar-refractivity contribution < 1.29 is 24.6 Å². The van der Waals surface area contributed by atoms with Crippen LogP contribution in [0, 0.1) is 54.8 Å². The smallest absolute Gasteiger partial charge is 0.245 e. The Balaban J connectivity index is 2.31. The number of rotatable bonds is 21. The fraction of sp³-hybridized carbons (Fsp3) is 0.625. The van der Waals surface area contributed by atoms with Crippen LogP contribution in [0.3, 0.4) is 0 Å². The minimum Gasteiger partial charge on any atom is -0.390 e. The standard InChI is InChI=1S/C40H58N4O5/c1-7-12-15-24-35(45)38(47)34(28-31-22-18-14-19-23-31)41-40(49)37(32(8-2)9-3)42-39(48)33(27-30-20-16-13-17-21-30)29-36(46)43(6)25-26-44(10-4)11-5/h1-3,13,16-17,20-21,31-35,37-38,45,47H,10-12,14-15,18-19,22-29H2,4-6H3,(H,41,49)(H,42,48)/t33-,34+,35+,37+,38-/m1/s1. The lowest BCUT2D eigenvalue weighted by Gasteiger charge is -2.34. The number of likely N-dealkylation sites (N-methyl/N-ethyl adjacent to an activating group) is 2. The van der Waals surface area contributed by atoms with Gasteiger partial charge in [-0.3, -0.25) is 14.4 Å². The van der Waals surface area contributed by atoms with Crippen molar-refractivity contribution in [2.45, 2.75) is 109 Å². The van der Waals surface area contributed by atoms with Crippen molar-refractivity contribution >= 4 is 17.7 Å². The maximum atomic E-state index is 14.0. The third kappa shape index (κ3) is 14.3. The maximum Gasteiger partial charge on any atom is 0.245 e. The lowest BCUT2D eigenvalue weighted by molar-refractivity contribution is -0.137. The second kappa shape index (κ2) is 22.8. The van der Waals surface area contributed by atoms with E-state index in [1.807, 2.05) is 30.3 Å².